The summed E-state index contributed by atoms with van der Waals surface area (Å²) in [5.41, 5.74) is 0. The SMILES string of the molecule is CC(CC1CC1)NS(=O)(=O)c1ccc(F)cc1. The smallest absolute Gasteiger partial charge is 0.208 e. The molecule has 0 heterocycles. The Balaban J connectivity index is 2.04. The Hall–Kier alpha value is -0.940. The molecule has 1 aliphatic carbocycles. The first kappa shape index (κ1) is 12.5. The Morgan fingerprint density at radius 3 is 2.47 bits per heavy atom. The Labute approximate surface area is 101 Å². The van der Waals surface area contributed by atoms with Crippen LogP contribution < -0.4 is 4.72 Å². The normalized spacial score (nSPS) is 18.0. The van der Waals surface area contributed by atoms with Gasteiger partial charge >= 0.3 is 0 Å². The van der Waals surface area contributed by atoms with Gasteiger partial charge in [-0.2, -0.15) is 0 Å². The van der Waals surface area contributed by atoms with Crippen molar-refractivity contribution in [2.24, 2.45) is 5.92 Å². The van der Waals surface area contributed by atoms with Gasteiger partial charge in [0.25, 0.3) is 0 Å². The Kier molecular flexibility index (Phi) is 3.49. The van der Waals surface area contributed by atoms with Gasteiger partial charge in [-0.15, -0.1) is 0 Å². The number of hydrogen-bond donors (Lipinski definition) is 1. The van der Waals surface area contributed by atoms with Crippen LogP contribution in [0.5, 0.6) is 0 Å². The lowest BCUT2D eigenvalue weighted by molar-refractivity contribution is 0.529. The van der Waals surface area contributed by atoms with Crippen LogP contribution in [0.4, 0.5) is 4.39 Å². The molecule has 0 aliphatic heterocycles. The van der Waals surface area contributed by atoms with E-state index in [0.717, 1.165) is 18.6 Å². The van der Waals surface area contributed by atoms with Gasteiger partial charge < -0.3 is 0 Å². The molecule has 0 saturated heterocycles. The molecule has 1 aromatic rings. The van der Waals surface area contributed by atoms with Crippen molar-refractivity contribution >= 4 is 10.0 Å². The second kappa shape index (κ2) is 4.74. The Bertz CT molecular complexity index is 480. The largest absolute Gasteiger partial charge is 0.240 e. The molecular formula is C12H16FNO2S. The van der Waals surface area contributed by atoms with Crippen LogP contribution in [0.1, 0.15) is 26.2 Å². The number of sulfonamides is 1. The minimum absolute atomic E-state index is 0.0717. The van der Waals surface area contributed by atoms with Gasteiger partial charge in [-0.25, -0.2) is 17.5 Å². The summed E-state index contributed by atoms with van der Waals surface area (Å²) in [5.74, 6) is 0.232. The molecule has 1 unspecified atom stereocenters. The predicted molar refractivity (Wildman–Crippen MR) is 63.5 cm³/mol. The molecule has 1 atom stereocenters. The summed E-state index contributed by atoms with van der Waals surface area (Å²) < 4.78 is 39.2. The van der Waals surface area contributed by atoms with E-state index in [9.17, 15) is 12.8 Å². The maximum Gasteiger partial charge on any atom is 0.240 e. The maximum atomic E-state index is 12.7. The van der Waals surface area contributed by atoms with Crippen LogP contribution in [-0.2, 0) is 10.0 Å². The number of rotatable bonds is 5. The third-order valence-corrected chi connectivity index (χ3v) is 4.47. The third kappa shape index (κ3) is 3.51. The van der Waals surface area contributed by atoms with Crippen molar-refractivity contribution in [1.29, 1.82) is 0 Å². The van der Waals surface area contributed by atoms with E-state index in [1.54, 1.807) is 0 Å². The molecule has 5 heteroatoms. The van der Waals surface area contributed by atoms with Crippen molar-refractivity contribution < 1.29 is 12.8 Å². The third-order valence-electron chi connectivity index (χ3n) is 2.86. The van der Waals surface area contributed by atoms with Gasteiger partial charge in [0.1, 0.15) is 5.82 Å². The molecule has 0 spiro atoms. The van der Waals surface area contributed by atoms with E-state index >= 15 is 0 Å². The summed E-state index contributed by atoms with van der Waals surface area (Å²) in [6, 6.07) is 4.79. The van der Waals surface area contributed by atoms with Crippen LogP contribution in [0.15, 0.2) is 29.2 Å². The Morgan fingerprint density at radius 1 is 1.35 bits per heavy atom. The summed E-state index contributed by atoms with van der Waals surface area (Å²) in [4.78, 5) is 0.113. The zero-order valence-electron chi connectivity index (χ0n) is 9.69. The highest BCUT2D eigenvalue weighted by molar-refractivity contribution is 7.89. The van der Waals surface area contributed by atoms with Crippen molar-refractivity contribution in [3.8, 4) is 0 Å². The summed E-state index contributed by atoms with van der Waals surface area (Å²) in [6.45, 7) is 1.86. The zero-order chi connectivity index (χ0) is 12.5. The van der Waals surface area contributed by atoms with Gasteiger partial charge in [-0.3, -0.25) is 0 Å². The van der Waals surface area contributed by atoms with Crippen molar-refractivity contribution in [3.05, 3.63) is 30.1 Å². The molecule has 3 nitrogen and oxygen atoms in total. The second-order valence-corrected chi connectivity index (χ2v) is 6.37. The van der Waals surface area contributed by atoms with Gasteiger partial charge in [0.15, 0.2) is 0 Å². The van der Waals surface area contributed by atoms with E-state index in [-0.39, 0.29) is 10.9 Å². The molecule has 1 aromatic carbocycles. The molecule has 0 aromatic heterocycles. The van der Waals surface area contributed by atoms with Crippen molar-refractivity contribution in [1.82, 2.24) is 4.72 Å². The number of hydrogen-bond acceptors (Lipinski definition) is 2. The summed E-state index contributed by atoms with van der Waals surface area (Å²) in [6.07, 6.45) is 3.27. The second-order valence-electron chi connectivity index (χ2n) is 4.66. The van der Waals surface area contributed by atoms with E-state index in [1.165, 1.54) is 25.0 Å². The summed E-state index contributed by atoms with van der Waals surface area (Å²) in [5, 5.41) is 0. The van der Waals surface area contributed by atoms with E-state index in [4.69, 9.17) is 0 Å². The minimum Gasteiger partial charge on any atom is -0.208 e. The van der Waals surface area contributed by atoms with Crippen LogP contribution in [0.2, 0.25) is 0 Å². The molecule has 94 valence electrons. The molecular weight excluding hydrogens is 241 g/mol. The van der Waals surface area contributed by atoms with Crippen LogP contribution in [0.3, 0.4) is 0 Å². The minimum atomic E-state index is -3.51. The van der Waals surface area contributed by atoms with Crippen molar-refractivity contribution in [2.45, 2.75) is 37.1 Å². The molecule has 1 saturated carbocycles. The number of nitrogens with one attached hydrogen (secondary N) is 1. The molecule has 1 N–H and O–H groups in total. The highest BCUT2D eigenvalue weighted by Gasteiger charge is 2.26. The average molecular weight is 257 g/mol. The fourth-order valence-electron chi connectivity index (χ4n) is 1.85. The van der Waals surface area contributed by atoms with Gasteiger partial charge in [-0.1, -0.05) is 12.8 Å². The van der Waals surface area contributed by atoms with E-state index in [0.29, 0.717) is 5.92 Å². The highest BCUT2D eigenvalue weighted by Crippen LogP contribution is 2.33. The molecule has 1 fully saturated rings. The first-order valence-electron chi connectivity index (χ1n) is 5.75. The van der Waals surface area contributed by atoms with Gasteiger partial charge in [-0.05, 0) is 43.5 Å². The lowest BCUT2D eigenvalue weighted by atomic mass is 10.2. The number of halogens is 1. The lowest BCUT2D eigenvalue weighted by Crippen LogP contribution is -2.32. The monoisotopic (exact) mass is 257 g/mol. The molecule has 0 amide bonds. The predicted octanol–water partition coefficient (Wildman–Crippen LogP) is 2.29. The topological polar surface area (TPSA) is 46.2 Å². The molecule has 2 rings (SSSR count). The van der Waals surface area contributed by atoms with Crippen LogP contribution in [0, 0.1) is 11.7 Å². The first-order valence-corrected chi connectivity index (χ1v) is 7.23. The molecule has 0 radical (unpaired) electrons. The fraction of sp³-hybridized carbons (Fsp3) is 0.500. The van der Waals surface area contributed by atoms with Crippen molar-refractivity contribution in [3.63, 3.8) is 0 Å². The van der Waals surface area contributed by atoms with Crippen LogP contribution >= 0.6 is 0 Å². The molecule has 1 aliphatic rings. The standard InChI is InChI=1S/C12H16FNO2S/c1-9(8-10-2-3-10)14-17(15,16)12-6-4-11(13)5-7-12/h4-7,9-10,14H,2-3,8H2,1H3. The van der Waals surface area contributed by atoms with Crippen LogP contribution in [-0.4, -0.2) is 14.5 Å². The zero-order valence-corrected chi connectivity index (χ0v) is 10.5. The quantitative estimate of drug-likeness (QED) is 0.879. The van der Waals surface area contributed by atoms with E-state index in [2.05, 4.69) is 4.72 Å². The first-order chi connectivity index (χ1) is 7.97. The van der Waals surface area contributed by atoms with E-state index < -0.39 is 15.8 Å². The summed E-state index contributed by atoms with van der Waals surface area (Å²) >= 11 is 0. The van der Waals surface area contributed by atoms with Crippen LogP contribution in [0.25, 0.3) is 0 Å². The van der Waals surface area contributed by atoms with E-state index in [1.807, 2.05) is 6.92 Å². The average Bonchev–Trinajstić information content (AvgIpc) is 3.01. The van der Waals surface area contributed by atoms with Gasteiger partial charge in [0.05, 0.1) is 4.90 Å². The maximum absolute atomic E-state index is 12.7. The summed E-state index contributed by atoms with van der Waals surface area (Å²) in [7, 11) is -3.51. The molecule has 0 bridgehead atoms. The fourth-order valence-corrected chi connectivity index (χ4v) is 3.10. The van der Waals surface area contributed by atoms with Gasteiger partial charge in [0.2, 0.25) is 10.0 Å². The van der Waals surface area contributed by atoms with Crippen molar-refractivity contribution in [2.75, 3.05) is 0 Å². The number of benzene rings is 1. The van der Waals surface area contributed by atoms with Gasteiger partial charge in [0, 0.05) is 6.04 Å². The molecule has 17 heavy (non-hydrogen) atoms. The lowest BCUT2D eigenvalue weighted by Gasteiger charge is -2.13. The Morgan fingerprint density at radius 2 is 1.94 bits per heavy atom. The highest BCUT2D eigenvalue weighted by atomic mass is 32.2.